The minimum Gasteiger partial charge on any atom is -0.360 e. The summed E-state index contributed by atoms with van der Waals surface area (Å²) in [5.74, 6) is 0.913. The summed E-state index contributed by atoms with van der Waals surface area (Å²) in [6.07, 6.45) is 0. The number of hydrogen-bond donors (Lipinski definition) is 0. The largest absolute Gasteiger partial charge is 0.360 e. The average Bonchev–Trinajstić information content (AvgIpc) is 3.12. The zero-order valence-corrected chi connectivity index (χ0v) is 18.1. The lowest BCUT2D eigenvalue weighted by atomic mass is 10.1. The van der Waals surface area contributed by atoms with Crippen LogP contribution in [0.25, 0.3) is 11.3 Å². The number of carbonyl (C=O) groups is 1. The van der Waals surface area contributed by atoms with E-state index in [-0.39, 0.29) is 5.91 Å². The highest BCUT2D eigenvalue weighted by Crippen LogP contribution is 2.23. The summed E-state index contributed by atoms with van der Waals surface area (Å²) in [6, 6.07) is 13.8. The predicted molar refractivity (Wildman–Crippen MR) is 115 cm³/mol. The van der Waals surface area contributed by atoms with Gasteiger partial charge in [-0.2, -0.15) is 0 Å². The van der Waals surface area contributed by atoms with E-state index in [1.54, 1.807) is 0 Å². The van der Waals surface area contributed by atoms with Crippen LogP contribution in [0.1, 0.15) is 27.5 Å². The maximum Gasteiger partial charge on any atom is 0.255 e. The molecule has 1 fully saturated rings. The topological polar surface area (TPSA) is 62.5 Å². The Balaban J connectivity index is 1.41. The van der Waals surface area contributed by atoms with Crippen molar-refractivity contribution in [2.24, 2.45) is 0 Å². The van der Waals surface area contributed by atoms with Crippen molar-refractivity contribution < 1.29 is 9.32 Å². The fraction of sp³-hybridized carbons (Fsp3) is 0.318. The van der Waals surface area contributed by atoms with Gasteiger partial charge in [-0.15, -0.1) is 0 Å². The van der Waals surface area contributed by atoms with Gasteiger partial charge in [0.25, 0.3) is 5.91 Å². The van der Waals surface area contributed by atoms with Gasteiger partial charge in [0, 0.05) is 42.3 Å². The molecule has 7 heteroatoms. The van der Waals surface area contributed by atoms with Crippen LogP contribution in [0.4, 0.5) is 0 Å². The van der Waals surface area contributed by atoms with Crippen LogP contribution in [0.15, 0.2) is 51.5 Å². The van der Waals surface area contributed by atoms with E-state index in [0.29, 0.717) is 18.7 Å². The highest BCUT2D eigenvalue weighted by Gasteiger charge is 2.24. The average molecular weight is 455 g/mol. The van der Waals surface area contributed by atoms with Crippen LogP contribution in [0, 0.1) is 13.8 Å². The van der Waals surface area contributed by atoms with Crippen molar-refractivity contribution in [1.82, 2.24) is 19.9 Å². The first-order chi connectivity index (χ1) is 14.0. The number of carbonyl (C=O) groups excluding carboxylic acids is 1. The molecule has 0 atom stereocenters. The number of piperazine rings is 1. The molecule has 3 aromatic rings. The molecule has 0 N–H and O–H groups in total. The molecule has 2 aromatic heterocycles. The lowest BCUT2D eigenvalue weighted by Gasteiger charge is -2.34. The van der Waals surface area contributed by atoms with Crippen molar-refractivity contribution >= 4 is 21.8 Å². The molecule has 3 heterocycles. The summed E-state index contributed by atoms with van der Waals surface area (Å²) in [6.45, 7) is 7.56. The fourth-order valence-corrected chi connectivity index (χ4v) is 3.99. The van der Waals surface area contributed by atoms with Crippen molar-refractivity contribution in [3.8, 4) is 11.3 Å². The zero-order chi connectivity index (χ0) is 20.4. The molecule has 150 valence electrons. The highest BCUT2D eigenvalue weighted by atomic mass is 79.9. The molecule has 0 radical (unpaired) electrons. The minimum absolute atomic E-state index is 0.0472. The monoisotopic (exact) mass is 454 g/mol. The van der Waals surface area contributed by atoms with Gasteiger partial charge in [-0.1, -0.05) is 33.2 Å². The van der Waals surface area contributed by atoms with Gasteiger partial charge in [0.2, 0.25) is 0 Å². The Morgan fingerprint density at radius 3 is 2.55 bits per heavy atom. The molecule has 0 spiro atoms. The minimum atomic E-state index is 0.0472. The second-order valence-electron chi connectivity index (χ2n) is 7.34. The van der Waals surface area contributed by atoms with Gasteiger partial charge in [0.1, 0.15) is 0 Å². The fourth-order valence-electron chi connectivity index (χ4n) is 3.59. The summed E-state index contributed by atoms with van der Waals surface area (Å²) in [5.41, 5.74) is 4.21. The van der Waals surface area contributed by atoms with E-state index in [0.717, 1.165) is 52.5 Å². The maximum atomic E-state index is 13.0. The van der Waals surface area contributed by atoms with Gasteiger partial charge >= 0.3 is 0 Å². The van der Waals surface area contributed by atoms with Gasteiger partial charge in [-0.25, -0.2) is 0 Å². The summed E-state index contributed by atoms with van der Waals surface area (Å²) < 4.78 is 6.31. The first-order valence-electron chi connectivity index (χ1n) is 9.67. The Hall–Kier alpha value is -2.51. The van der Waals surface area contributed by atoms with E-state index in [9.17, 15) is 4.79 Å². The van der Waals surface area contributed by atoms with Crippen molar-refractivity contribution in [2.75, 3.05) is 26.2 Å². The first-order valence-corrected chi connectivity index (χ1v) is 10.5. The van der Waals surface area contributed by atoms with Gasteiger partial charge in [-0.05, 0) is 38.1 Å². The van der Waals surface area contributed by atoms with E-state index in [2.05, 4.69) is 31.0 Å². The van der Waals surface area contributed by atoms with Crippen molar-refractivity contribution in [3.63, 3.8) is 0 Å². The highest BCUT2D eigenvalue weighted by molar-refractivity contribution is 9.10. The standard InChI is InChI=1S/C22H23BrN4O2/c1-15-12-19(29-25-15)14-26-8-10-27(11-9-26)22(28)20-6-7-21(24-16(20)2)17-4-3-5-18(23)13-17/h3-7,12-13H,8-11,14H2,1-2H3. The molecule has 1 amide bonds. The Kier molecular flexibility index (Phi) is 5.78. The van der Waals surface area contributed by atoms with Gasteiger partial charge in [-0.3, -0.25) is 14.7 Å². The number of aryl methyl sites for hydroxylation is 2. The zero-order valence-electron chi connectivity index (χ0n) is 16.6. The molecule has 0 aliphatic carbocycles. The number of aromatic nitrogens is 2. The van der Waals surface area contributed by atoms with Gasteiger partial charge in [0.05, 0.1) is 29.2 Å². The third kappa shape index (κ3) is 4.57. The van der Waals surface area contributed by atoms with E-state index in [1.165, 1.54) is 0 Å². The molecule has 0 unspecified atom stereocenters. The third-order valence-corrected chi connectivity index (χ3v) is 5.65. The molecule has 0 saturated carbocycles. The summed E-state index contributed by atoms with van der Waals surface area (Å²) in [7, 11) is 0. The van der Waals surface area contributed by atoms with E-state index in [4.69, 9.17) is 4.52 Å². The molecule has 29 heavy (non-hydrogen) atoms. The van der Waals surface area contributed by atoms with Crippen LogP contribution in [-0.4, -0.2) is 52.0 Å². The number of pyridine rings is 1. The molecule has 1 saturated heterocycles. The Bertz CT molecular complexity index is 1030. The van der Waals surface area contributed by atoms with Gasteiger partial charge in [0.15, 0.2) is 5.76 Å². The van der Waals surface area contributed by atoms with E-state index in [1.807, 2.05) is 61.2 Å². The normalized spacial score (nSPS) is 14.9. The molecule has 0 bridgehead atoms. The molecule has 1 aromatic carbocycles. The Morgan fingerprint density at radius 2 is 1.90 bits per heavy atom. The van der Waals surface area contributed by atoms with Crippen molar-refractivity contribution in [3.05, 3.63) is 69.6 Å². The van der Waals surface area contributed by atoms with Gasteiger partial charge < -0.3 is 9.42 Å². The quantitative estimate of drug-likeness (QED) is 0.594. The predicted octanol–water partition coefficient (Wildman–Crippen LogP) is 4.07. The van der Waals surface area contributed by atoms with Crippen LogP contribution in [0.5, 0.6) is 0 Å². The number of benzene rings is 1. The summed E-state index contributed by atoms with van der Waals surface area (Å²) in [5, 5.41) is 3.93. The molecular weight excluding hydrogens is 432 g/mol. The Labute approximate surface area is 178 Å². The van der Waals surface area contributed by atoms with Crippen molar-refractivity contribution in [2.45, 2.75) is 20.4 Å². The number of hydrogen-bond acceptors (Lipinski definition) is 5. The molecule has 4 rings (SSSR count). The smallest absolute Gasteiger partial charge is 0.255 e. The van der Waals surface area contributed by atoms with Crippen LogP contribution in [0.2, 0.25) is 0 Å². The number of amides is 1. The van der Waals surface area contributed by atoms with E-state index >= 15 is 0 Å². The second kappa shape index (κ2) is 8.47. The number of rotatable bonds is 4. The summed E-state index contributed by atoms with van der Waals surface area (Å²) >= 11 is 3.49. The molecule has 1 aliphatic rings. The lowest BCUT2D eigenvalue weighted by Crippen LogP contribution is -2.48. The first kappa shape index (κ1) is 19.8. The lowest BCUT2D eigenvalue weighted by molar-refractivity contribution is 0.0616. The molecule has 6 nitrogen and oxygen atoms in total. The van der Waals surface area contributed by atoms with Crippen LogP contribution in [-0.2, 0) is 6.54 Å². The molecule has 1 aliphatic heterocycles. The SMILES string of the molecule is Cc1cc(CN2CCN(C(=O)c3ccc(-c4cccc(Br)c4)nc3C)CC2)on1. The van der Waals surface area contributed by atoms with Crippen LogP contribution >= 0.6 is 15.9 Å². The number of nitrogens with zero attached hydrogens (tertiary/aromatic N) is 4. The third-order valence-electron chi connectivity index (χ3n) is 5.15. The second-order valence-corrected chi connectivity index (χ2v) is 8.26. The van der Waals surface area contributed by atoms with E-state index < -0.39 is 0 Å². The van der Waals surface area contributed by atoms with Crippen molar-refractivity contribution in [1.29, 1.82) is 0 Å². The maximum absolute atomic E-state index is 13.0. The Morgan fingerprint density at radius 1 is 1.10 bits per heavy atom. The number of halogens is 1. The molecular formula is C22H23BrN4O2. The van der Waals surface area contributed by atoms with Crippen LogP contribution < -0.4 is 0 Å². The van der Waals surface area contributed by atoms with Crippen LogP contribution in [0.3, 0.4) is 0 Å². The summed E-state index contributed by atoms with van der Waals surface area (Å²) in [4.78, 5) is 21.9.